The number of benzene rings is 2. The first kappa shape index (κ1) is 10.4. The molecule has 0 fully saturated rings. The Balaban J connectivity index is 2.16. The maximum absolute atomic E-state index is 5.83. The van der Waals surface area contributed by atoms with E-state index in [1.54, 1.807) is 0 Å². The summed E-state index contributed by atoms with van der Waals surface area (Å²) in [5.74, 6) is 1.02. The Kier molecular flexibility index (Phi) is 2.40. The van der Waals surface area contributed by atoms with E-state index in [0.29, 0.717) is 6.61 Å². The predicted molar refractivity (Wildman–Crippen MR) is 70.3 cm³/mol. The maximum Gasteiger partial charge on any atom is 0.127 e. The van der Waals surface area contributed by atoms with Crippen LogP contribution in [0.3, 0.4) is 0 Å². The van der Waals surface area contributed by atoms with Crippen molar-refractivity contribution in [3.8, 4) is 16.9 Å². The van der Waals surface area contributed by atoms with E-state index in [1.165, 1.54) is 27.8 Å². The summed E-state index contributed by atoms with van der Waals surface area (Å²) in [5.41, 5.74) is 6.48. The summed E-state index contributed by atoms with van der Waals surface area (Å²) >= 11 is 0. The van der Waals surface area contributed by atoms with E-state index in [0.717, 1.165) is 12.2 Å². The molecule has 2 aromatic carbocycles. The quantitative estimate of drug-likeness (QED) is 0.708. The molecule has 0 amide bonds. The van der Waals surface area contributed by atoms with Gasteiger partial charge in [0, 0.05) is 5.56 Å². The molecule has 86 valence electrons. The zero-order valence-corrected chi connectivity index (χ0v) is 10.3. The van der Waals surface area contributed by atoms with E-state index >= 15 is 0 Å². The Labute approximate surface area is 102 Å². The van der Waals surface area contributed by atoms with Gasteiger partial charge < -0.3 is 4.74 Å². The molecule has 1 aliphatic heterocycles. The fourth-order valence-electron chi connectivity index (χ4n) is 2.38. The minimum absolute atomic E-state index is 0.694. The Bertz CT molecular complexity index is 570. The summed E-state index contributed by atoms with van der Waals surface area (Å²) in [5, 5.41) is 0. The Hall–Kier alpha value is -1.76. The summed E-state index contributed by atoms with van der Waals surface area (Å²) in [7, 11) is 0. The standard InChI is InChI=1S/C16H16O/c1-3-12-5-7-14-13(9-12)10-17-16-8-11(2)4-6-15(14)16/h4-9H,3,10H2,1-2H3. The molecule has 1 heteroatoms. The molecule has 0 spiro atoms. The zero-order chi connectivity index (χ0) is 11.8. The van der Waals surface area contributed by atoms with Gasteiger partial charge in [0.05, 0.1) is 0 Å². The molecule has 0 unspecified atom stereocenters. The fraction of sp³-hybridized carbons (Fsp3) is 0.250. The number of fused-ring (bicyclic) bond motifs is 3. The predicted octanol–water partition coefficient (Wildman–Crippen LogP) is 4.12. The third kappa shape index (κ3) is 1.72. The van der Waals surface area contributed by atoms with Crippen LogP contribution in [0.15, 0.2) is 36.4 Å². The van der Waals surface area contributed by atoms with Gasteiger partial charge in [-0.2, -0.15) is 0 Å². The highest BCUT2D eigenvalue weighted by atomic mass is 16.5. The first-order valence-electron chi connectivity index (χ1n) is 6.13. The smallest absolute Gasteiger partial charge is 0.127 e. The molecule has 1 aliphatic rings. The molecule has 0 saturated carbocycles. The third-order valence-electron chi connectivity index (χ3n) is 3.39. The van der Waals surface area contributed by atoms with Crippen molar-refractivity contribution in [2.75, 3.05) is 0 Å². The first-order valence-corrected chi connectivity index (χ1v) is 6.13. The topological polar surface area (TPSA) is 9.23 Å². The molecule has 0 saturated heterocycles. The van der Waals surface area contributed by atoms with Crippen molar-refractivity contribution < 1.29 is 4.74 Å². The van der Waals surface area contributed by atoms with Crippen LogP contribution in [0.25, 0.3) is 11.1 Å². The lowest BCUT2D eigenvalue weighted by atomic mass is 9.94. The van der Waals surface area contributed by atoms with Crippen LogP contribution in [0.2, 0.25) is 0 Å². The van der Waals surface area contributed by atoms with Crippen molar-refractivity contribution in [1.82, 2.24) is 0 Å². The number of aryl methyl sites for hydroxylation is 2. The maximum atomic E-state index is 5.83. The van der Waals surface area contributed by atoms with E-state index in [-0.39, 0.29) is 0 Å². The van der Waals surface area contributed by atoms with Crippen molar-refractivity contribution in [2.45, 2.75) is 26.9 Å². The van der Waals surface area contributed by atoms with E-state index in [2.05, 4.69) is 50.2 Å². The number of hydrogen-bond donors (Lipinski definition) is 0. The van der Waals surface area contributed by atoms with Crippen molar-refractivity contribution >= 4 is 0 Å². The van der Waals surface area contributed by atoms with Crippen LogP contribution in [-0.4, -0.2) is 0 Å². The summed E-state index contributed by atoms with van der Waals surface area (Å²) in [6, 6.07) is 13.1. The Morgan fingerprint density at radius 3 is 2.71 bits per heavy atom. The monoisotopic (exact) mass is 224 g/mol. The van der Waals surface area contributed by atoms with Gasteiger partial charge >= 0.3 is 0 Å². The number of rotatable bonds is 1. The molecule has 0 atom stereocenters. The van der Waals surface area contributed by atoms with E-state index < -0.39 is 0 Å². The molecular weight excluding hydrogens is 208 g/mol. The van der Waals surface area contributed by atoms with Crippen molar-refractivity contribution in [3.63, 3.8) is 0 Å². The van der Waals surface area contributed by atoms with Gasteiger partial charge in [-0.25, -0.2) is 0 Å². The van der Waals surface area contributed by atoms with Crippen LogP contribution >= 0.6 is 0 Å². The average Bonchev–Trinajstić information content (AvgIpc) is 2.37. The van der Waals surface area contributed by atoms with Crippen molar-refractivity contribution in [1.29, 1.82) is 0 Å². The fourth-order valence-corrected chi connectivity index (χ4v) is 2.38. The van der Waals surface area contributed by atoms with Gasteiger partial charge in [-0.1, -0.05) is 37.3 Å². The molecule has 0 bridgehead atoms. The molecular formula is C16H16O. The van der Waals surface area contributed by atoms with Crippen LogP contribution < -0.4 is 4.74 Å². The lowest BCUT2D eigenvalue weighted by Crippen LogP contribution is -2.06. The van der Waals surface area contributed by atoms with Crippen LogP contribution in [0, 0.1) is 6.92 Å². The third-order valence-corrected chi connectivity index (χ3v) is 3.39. The minimum Gasteiger partial charge on any atom is -0.488 e. The molecule has 17 heavy (non-hydrogen) atoms. The van der Waals surface area contributed by atoms with Gasteiger partial charge in [0.15, 0.2) is 0 Å². The lowest BCUT2D eigenvalue weighted by molar-refractivity contribution is 0.302. The van der Waals surface area contributed by atoms with E-state index in [4.69, 9.17) is 4.74 Å². The molecule has 0 N–H and O–H groups in total. The SMILES string of the molecule is CCc1ccc2c(c1)COc1cc(C)ccc1-2. The van der Waals surface area contributed by atoms with Crippen molar-refractivity contribution in [2.24, 2.45) is 0 Å². The van der Waals surface area contributed by atoms with Crippen LogP contribution in [-0.2, 0) is 13.0 Å². The van der Waals surface area contributed by atoms with Gasteiger partial charge in [0.2, 0.25) is 0 Å². The zero-order valence-electron chi connectivity index (χ0n) is 10.3. The molecule has 0 radical (unpaired) electrons. The number of hydrogen-bond acceptors (Lipinski definition) is 1. The van der Waals surface area contributed by atoms with Crippen LogP contribution in [0.4, 0.5) is 0 Å². The molecule has 3 rings (SSSR count). The molecule has 0 aliphatic carbocycles. The second-order valence-corrected chi connectivity index (χ2v) is 4.63. The van der Waals surface area contributed by atoms with E-state index in [1.807, 2.05) is 0 Å². The highest BCUT2D eigenvalue weighted by Crippen LogP contribution is 2.38. The normalized spacial score (nSPS) is 12.6. The van der Waals surface area contributed by atoms with Gasteiger partial charge in [-0.15, -0.1) is 0 Å². The van der Waals surface area contributed by atoms with Crippen LogP contribution in [0.1, 0.15) is 23.6 Å². The lowest BCUT2D eigenvalue weighted by Gasteiger charge is -2.21. The van der Waals surface area contributed by atoms with Gasteiger partial charge in [-0.05, 0) is 41.7 Å². The Morgan fingerprint density at radius 2 is 1.88 bits per heavy atom. The first-order chi connectivity index (χ1) is 8.28. The highest BCUT2D eigenvalue weighted by Gasteiger charge is 2.16. The Morgan fingerprint density at radius 1 is 1.06 bits per heavy atom. The van der Waals surface area contributed by atoms with Crippen molar-refractivity contribution in [3.05, 3.63) is 53.1 Å². The second-order valence-electron chi connectivity index (χ2n) is 4.63. The average molecular weight is 224 g/mol. The second kappa shape index (κ2) is 3.92. The van der Waals surface area contributed by atoms with Gasteiger partial charge in [0.25, 0.3) is 0 Å². The largest absolute Gasteiger partial charge is 0.488 e. The molecule has 2 aromatic rings. The van der Waals surface area contributed by atoms with E-state index in [9.17, 15) is 0 Å². The number of ether oxygens (including phenoxy) is 1. The molecule has 1 nitrogen and oxygen atoms in total. The van der Waals surface area contributed by atoms with Gasteiger partial charge in [-0.3, -0.25) is 0 Å². The minimum atomic E-state index is 0.694. The summed E-state index contributed by atoms with van der Waals surface area (Å²) < 4.78 is 5.83. The summed E-state index contributed by atoms with van der Waals surface area (Å²) in [6.45, 7) is 4.97. The highest BCUT2D eigenvalue weighted by molar-refractivity contribution is 5.75. The summed E-state index contributed by atoms with van der Waals surface area (Å²) in [4.78, 5) is 0. The van der Waals surface area contributed by atoms with Crippen LogP contribution in [0.5, 0.6) is 5.75 Å². The summed E-state index contributed by atoms with van der Waals surface area (Å²) in [6.07, 6.45) is 1.08. The van der Waals surface area contributed by atoms with Gasteiger partial charge in [0.1, 0.15) is 12.4 Å². The molecule has 1 heterocycles. The molecule has 0 aromatic heterocycles.